The van der Waals surface area contributed by atoms with Crippen molar-refractivity contribution in [2.45, 2.75) is 78.1 Å². The van der Waals surface area contributed by atoms with E-state index in [2.05, 4.69) is 26.0 Å². The molecule has 1 saturated carbocycles. The lowest BCUT2D eigenvalue weighted by atomic mass is 9.79. The van der Waals surface area contributed by atoms with Crippen LogP contribution in [0.25, 0.3) is 0 Å². The van der Waals surface area contributed by atoms with Crippen LogP contribution in [0.15, 0.2) is 60.7 Å². The predicted octanol–water partition coefficient (Wildman–Crippen LogP) is 8.41. The first-order valence-electron chi connectivity index (χ1n) is 13.5. The fraction of sp³-hybridized carbons (Fsp3) is 0.516. The third-order valence-corrected chi connectivity index (χ3v) is 6.75. The highest BCUT2D eigenvalue weighted by molar-refractivity contribution is 5.91. The molecule has 190 valence electrons. The highest BCUT2D eigenvalue weighted by Gasteiger charge is 2.18. The predicted molar refractivity (Wildman–Crippen MR) is 142 cm³/mol. The maximum absolute atomic E-state index is 12.4. The normalized spacial score (nSPS) is 17.9. The summed E-state index contributed by atoms with van der Waals surface area (Å²) in [5.74, 6) is 3.28. The van der Waals surface area contributed by atoms with Gasteiger partial charge >= 0.3 is 5.97 Å². The van der Waals surface area contributed by atoms with Crippen LogP contribution < -0.4 is 14.2 Å². The second-order valence-corrected chi connectivity index (χ2v) is 9.60. The summed E-state index contributed by atoms with van der Waals surface area (Å²) in [6.45, 7) is 5.64. The van der Waals surface area contributed by atoms with Crippen LogP contribution in [-0.2, 0) is 0 Å². The Morgan fingerprint density at radius 2 is 1.43 bits per heavy atom. The Bertz CT molecular complexity index is 877. The minimum atomic E-state index is -0.387. The molecule has 0 bridgehead atoms. The summed E-state index contributed by atoms with van der Waals surface area (Å²) in [7, 11) is 0. The van der Waals surface area contributed by atoms with Gasteiger partial charge in [0.25, 0.3) is 0 Å². The van der Waals surface area contributed by atoms with Crippen molar-refractivity contribution in [1.29, 1.82) is 0 Å². The summed E-state index contributed by atoms with van der Waals surface area (Å²) < 4.78 is 17.0. The van der Waals surface area contributed by atoms with Gasteiger partial charge in [0, 0.05) is 0 Å². The molecule has 1 aliphatic rings. The lowest BCUT2D eigenvalue weighted by molar-refractivity contribution is 0.0734. The van der Waals surface area contributed by atoms with Crippen molar-refractivity contribution >= 4 is 5.97 Å². The molecule has 4 nitrogen and oxygen atoms in total. The summed E-state index contributed by atoms with van der Waals surface area (Å²) >= 11 is 0. The standard InChI is InChI=1S/C31H42O4/c1-3-5-7-9-25-11-13-26(14-12-25)10-8-24-34-29-19-21-30(22-20-29)35-31(32)27-15-17-28(18-16-27)33-23-6-4-2/h8,10,15-22,25-26H,3-7,9,11-14,23-24H2,1-2H3/t25-,26-. The van der Waals surface area contributed by atoms with E-state index in [0.29, 0.717) is 30.4 Å². The van der Waals surface area contributed by atoms with Gasteiger partial charge in [-0.05, 0) is 92.5 Å². The average Bonchev–Trinajstić information content (AvgIpc) is 2.89. The van der Waals surface area contributed by atoms with Gasteiger partial charge in [-0.25, -0.2) is 4.79 Å². The lowest BCUT2D eigenvalue weighted by Crippen LogP contribution is -2.13. The maximum Gasteiger partial charge on any atom is 0.343 e. The highest BCUT2D eigenvalue weighted by atomic mass is 16.5. The van der Waals surface area contributed by atoms with E-state index in [1.165, 1.54) is 51.4 Å². The summed E-state index contributed by atoms with van der Waals surface area (Å²) in [6, 6.07) is 14.3. The van der Waals surface area contributed by atoms with Crippen molar-refractivity contribution < 1.29 is 19.0 Å². The molecule has 0 atom stereocenters. The van der Waals surface area contributed by atoms with Crippen LogP contribution in [0.3, 0.4) is 0 Å². The van der Waals surface area contributed by atoms with E-state index >= 15 is 0 Å². The van der Waals surface area contributed by atoms with Crippen molar-refractivity contribution in [3.8, 4) is 17.2 Å². The molecule has 1 aliphatic carbocycles. The number of hydrogen-bond donors (Lipinski definition) is 0. The molecule has 0 spiro atoms. The molecular formula is C31H42O4. The minimum absolute atomic E-state index is 0.387. The highest BCUT2D eigenvalue weighted by Crippen LogP contribution is 2.32. The monoisotopic (exact) mass is 478 g/mol. The van der Waals surface area contributed by atoms with Gasteiger partial charge in [0.05, 0.1) is 12.2 Å². The molecule has 3 rings (SSSR count). The van der Waals surface area contributed by atoms with Crippen LogP contribution in [0.1, 0.15) is 88.4 Å². The molecule has 0 amide bonds. The van der Waals surface area contributed by atoms with Crippen molar-refractivity contribution in [1.82, 2.24) is 0 Å². The van der Waals surface area contributed by atoms with Gasteiger partial charge in [-0.15, -0.1) is 0 Å². The molecule has 2 aromatic carbocycles. The molecule has 0 N–H and O–H groups in total. The van der Waals surface area contributed by atoms with Gasteiger partial charge in [0.15, 0.2) is 0 Å². The number of rotatable bonds is 14. The summed E-state index contributed by atoms with van der Waals surface area (Å²) in [6.07, 6.45) is 17.4. The van der Waals surface area contributed by atoms with E-state index in [0.717, 1.165) is 30.3 Å². The van der Waals surface area contributed by atoms with Gasteiger partial charge < -0.3 is 14.2 Å². The fourth-order valence-electron chi connectivity index (χ4n) is 4.54. The Kier molecular flexibility index (Phi) is 11.7. The van der Waals surface area contributed by atoms with E-state index < -0.39 is 0 Å². The summed E-state index contributed by atoms with van der Waals surface area (Å²) in [4.78, 5) is 12.4. The van der Waals surface area contributed by atoms with E-state index in [9.17, 15) is 4.79 Å². The Balaban J connectivity index is 1.35. The quantitative estimate of drug-likeness (QED) is 0.118. The first-order chi connectivity index (χ1) is 17.2. The smallest absolute Gasteiger partial charge is 0.343 e. The molecule has 0 aromatic heterocycles. The van der Waals surface area contributed by atoms with E-state index in [1.54, 1.807) is 36.4 Å². The molecule has 1 fully saturated rings. The van der Waals surface area contributed by atoms with Crippen LogP contribution >= 0.6 is 0 Å². The molecule has 35 heavy (non-hydrogen) atoms. The van der Waals surface area contributed by atoms with Crippen LogP contribution in [0.4, 0.5) is 0 Å². The topological polar surface area (TPSA) is 44.8 Å². The zero-order valence-electron chi connectivity index (χ0n) is 21.5. The maximum atomic E-state index is 12.4. The Hall–Kier alpha value is -2.75. The zero-order valence-corrected chi connectivity index (χ0v) is 21.5. The van der Waals surface area contributed by atoms with Crippen molar-refractivity contribution in [2.75, 3.05) is 13.2 Å². The van der Waals surface area contributed by atoms with Crippen molar-refractivity contribution in [3.63, 3.8) is 0 Å². The van der Waals surface area contributed by atoms with Crippen LogP contribution in [-0.4, -0.2) is 19.2 Å². The zero-order chi connectivity index (χ0) is 24.7. The minimum Gasteiger partial charge on any atom is -0.494 e. The molecule has 2 aromatic rings. The molecule has 4 heteroatoms. The van der Waals surface area contributed by atoms with E-state index in [4.69, 9.17) is 14.2 Å². The molecule has 0 unspecified atom stereocenters. The molecule has 0 radical (unpaired) electrons. The van der Waals surface area contributed by atoms with Crippen LogP contribution in [0, 0.1) is 11.8 Å². The number of allylic oxidation sites excluding steroid dienone is 1. The van der Waals surface area contributed by atoms with Crippen molar-refractivity contribution in [3.05, 3.63) is 66.2 Å². The number of esters is 1. The first-order valence-corrected chi connectivity index (χ1v) is 13.5. The van der Waals surface area contributed by atoms with E-state index in [-0.39, 0.29) is 5.97 Å². The second-order valence-electron chi connectivity index (χ2n) is 9.60. The summed E-state index contributed by atoms with van der Waals surface area (Å²) in [5.41, 5.74) is 0.494. The van der Waals surface area contributed by atoms with Crippen molar-refractivity contribution in [2.24, 2.45) is 11.8 Å². The van der Waals surface area contributed by atoms with Gasteiger partial charge in [0.1, 0.15) is 23.9 Å². The number of benzene rings is 2. The Morgan fingerprint density at radius 3 is 2.11 bits per heavy atom. The number of ether oxygens (including phenoxy) is 3. The third kappa shape index (κ3) is 9.79. The summed E-state index contributed by atoms with van der Waals surface area (Å²) in [5, 5.41) is 0. The largest absolute Gasteiger partial charge is 0.494 e. The second kappa shape index (κ2) is 15.3. The molecular weight excluding hydrogens is 436 g/mol. The number of unbranched alkanes of at least 4 members (excludes halogenated alkanes) is 3. The molecule has 0 heterocycles. The molecule has 0 saturated heterocycles. The first kappa shape index (κ1) is 26.8. The Morgan fingerprint density at radius 1 is 0.800 bits per heavy atom. The fourth-order valence-corrected chi connectivity index (χ4v) is 4.54. The van der Waals surface area contributed by atoms with Crippen LogP contribution in [0.5, 0.6) is 17.2 Å². The third-order valence-electron chi connectivity index (χ3n) is 6.75. The van der Waals surface area contributed by atoms with Crippen LogP contribution in [0.2, 0.25) is 0 Å². The average molecular weight is 479 g/mol. The number of carbonyl (C=O) groups is 1. The van der Waals surface area contributed by atoms with Gasteiger partial charge in [0.2, 0.25) is 0 Å². The number of hydrogen-bond acceptors (Lipinski definition) is 4. The number of carbonyl (C=O) groups excluding carboxylic acids is 1. The van der Waals surface area contributed by atoms with Gasteiger partial charge in [-0.3, -0.25) is 0 Å². The lowest BCUT2D eigenvalue weighted by Gasteiger charge is -2.26. The van der Waals surface area contributed by atoms with Gasteiger partial charge in [-0.1, -0.05) is 58.1 Å². The van der Waals surface area contributed by atoms with E-state index in [1.807, 2.05) is 12.1 Å². The van der Waals surface area contributed by atoms with Gasteiger partial charge in [-0.2, -0.15) is 0 Å². The SMILES string of the molecule is CCCCC[C@H]1CC[C@H](C=CCOc2ccc(OC(=O)c3ccc(OCCCC)cc3)cc2)CC1. The molecule has 0 aliphatic heterocycles. The Labute approximate surface area is 211 Å².